The molecule has 22 heavy (non-hydrogen) atoms. The van der Waals surface area contributed by atoms with Crippen LogP contribution >= 0.6 is 15.9 Å². The summed E-state index contributed by atoms with van der Waals surface area (Å²) >= 11 is 3.36. The molecule has 1 aliphatic carbocycles. The van der Waals surface area contributed by atoms with Crippen molar-refractivity contribution in [3.8, 4) is 5.75 Å². The normalized spacial score (nSPS) is 20.0. The fourth-order valence-electron chi connectivity index (χ4n) is 2.35. The average Bonchev–Trinajstić information content (AvgIpc) is 2.43. The number of rotatable bonds is 8. The fraction of sp³-hybridized carbons (Fsp3) is 0.500. The molecule has 0 bridgehead atoms. The molecule has 0 atom stereocenters. The van der Waals surface area contributed by atoms with Gasteiger partial charge in [-0.05, 0) is 49.9 Å². The summed E-state index contributed by atoms with van der Waals surface area (Å²) in [5.74, 6) is -0.237. The zero-order valence-corrected chi connectivity index (χ0v) is 13.8. The zero-order chi connectivity index (χ0) is 15.9. The molecule has 0 aliphatic heterocycles. The minimum Gasteiger partial charge on any atom is -0.494 e. The second-order valence-electron chi connectivity index (χ2n) is 5.53. The summed E-state index contributed by atoms with van der Waals surface area (Å²) in [6.45, 7) is 0.583. The minimum atomic E-state index is -0.768. The molecule has 0 heterocycles. The molecular weight excluding hydrogens is 350 g/mol. The van der Waals surface area contributed by atoms with Gasteiger partial charge in [0.1, 0.15) is 5.75 Å². The predicted molar refractivity (Wildman–Crippen MR) is 85.8 cm³/mol. The number of carboxylic acids is 1. The van der Waals surface area contributed by atoms with Crippen LogP contribution in [0.3, 0.4) is 0 Å². The summed E-state index contributed by atoms with van der Waals surface area (Å²) in [5, 5.41) is 11.6. The maximum atomic E-state index is 11.7. The van der Waals surface area contributed by atoms with E-state index in [1.54, 1.807) is 0 Å². The van der Waals surface area contributed by atoms with Crippen molar-refractivity contribution in [3.63, 3.8) is 0 Å². The Balaban J connectivity index is 1.51. The van der Waals surface area contributed by atoms with E-state index in [1.165, 1.54) is 0 Å². The van der Waals surface area contributed by atoms with Gasteiger partial charge in [0.2, 0.25) is 5.91 Å². The summed E-state index contributed by atoms with van der Waals surface area (Å²) < 4.78 is 6.59. The van der Waals surface area contributed by atoms with Crippen molar-refractivity contribution in [2.45, 2.75) is 38.1 Å². The quantitative estimate of drug-likeness (QED) is 0.690. The molecule has 2 rings (SSSR count). The minimum absolute atomic E-state index is 0.00233. The highest BCUT2D eigenvalue weighted by Crippen LogP contribution is 2.27. The number of carboxylic acid groups (broad SMARTS) is 1. The number of carbonyl (C=O) groups excluding carboxylic acids is 1. The van der Waals surface area contributed by atoms with Gasteiger partial charge < -0.3 is 15.2 Å². The van der Waals surface area contributed by atoms with E-state index in [0.29, 0.717) is 25.9 Å². The van der Waals surface area contributed by atoms with E-state index < -0.39 is 5.97 Å². The third-order valence-corrected chi connectivity index (χ3v) is 4.26. The first kappa shape index (κ1) is 16.8. The summed E-state index contributed by atoms with van der Waals surface area (Å²) in [6, 6.07) is 7.67. The number of aliphatic carboxylic acids is 1. The molecule has 0 radical (unpaired) electrons. The molecule has 1 saturated carbocycles. The highest BCUT2D eigenvalue weighted by molar-refractivity contribution is 9.10. The van der Waals surface area contributed by atoms with Crippen molar-refractivity contribution in [2.24, 2.45) is 5.92 Å². The van der Waals surface area contributed by atoms with Crippen LogP contribution in [-0.2, 0) is 9.59 Å². The van der Waals surface area contributed by atoms with Gasteiger partial charge in [0.25, 0.3) is 0 Å². The molecule has 6 heteroatoms. The monoisotopic (exact) mass is 369 g/mol. The van der Waals surface area contributed by atoms with Gasteiger partial charge in [0, 0.05) is 16.9 Å². The maximum Gasteiger partial charge on any atom is 0.306 e. The van der Waals surface area contributed by atoms with E-state index in [-0.39, 0.29) is 17.9 Å². The molecule has 1 aliphatic rings. The van der Waals surface area contributed by atoms with Crippen molar-refractivity contribution in [1.29, 1.82) is 0 Å². The van der Waals surface area contributed by atoms with Crippen LogP contribution in [0.25, 0.3) is 0 Å². The van der Waals surface area contributed by atoms with E-state index in [4.69, 9.17) is 9.84 Å². The number of carbonyl (C=O) groups is 2. The Morgan fingerprint density at radius 3 is 2.55 bits per heavy atom. The maximum absolute atomic E-state index is 11.7. The number of ether oxygens (including phenoxy) is 1. The van der Waals surface area contributed by atoms with Gasteiger partial charge in [-0.1, -0.05) is 15.9 Å². The van der Waals surface area contributed by atoms with Gasteiger partial charge in [-0.25, -0.2) is 0 Å². The summed E-state index contributed by atoms with van der Waals surface area (Å²) in [6.07, 6.45) is 3.13. The van der Waals surface area contributed by atoms with Crippen molar-refractivity contribution in [2.75, 3.05) is 6.61 Å². The number of amides is 1. The van der Waals surface area contributed by atoms with E-state index in [9.17, 15) is 9.59 Å². The van der Waals surface area contributed by atoms with E-state index in [1.807, 2.05) is 24.3 Å². The van der Waals surface area contributed by atoms with Crippen LogP contribution in [0.2, 0.25) is 0 Å². The van der Waals surface area contributed by atoms with Gasteiger partial charge in [-0.2, -0.15) is 0 Å². The Labute approximate surface area is 138 Å². The SMILES string of the molecule is O=C(CCCCOc1ccc(Br)cc1)NC1CC(C(=O)O)C1. The number of benzene rings is 1. The number of hydrogen-bond donors (Lipinski definition) is 2. The third-order valence-electron chi connectivity index (χ3n) is 3.73. The van der Waals surface area contributed by atoms with Crippen LogP contribution < -0.4 is 10.1 Å². The molecule has 2 N–H and O–H groups in total. The van der Waals surface area contributed by atoms with E-state index in [0.717, 1.165) is 23.1 Å². The largest absolute Gasteiger partial charge is 0.494 e. The van der Waals surface area contributed by atoms with Gasteiger partial charge in [-0.3, -0.25) is 9.59 Å². The highest BCUT2D eigenvalue weighted by atomic mass is 79.9. The van der Waals surface area contributed by atoms with Gasteiger partial charge in [-0.15, -0.1) is 0 Å². The fourth-order valence-corrected chi connectivity index (χ4v) is 2.61. The first-order valence-corrected chi connectivity index (χ1v) is 8.24. The van der Waals surface area contributed by atoms with Crippen LogP contribution in [0, 0.1) is 5.92 Å². The van der Waals surface area contributed by atoms with Crippen molar-refractivity contribution in [3.05, 3.63) is 28.7 Å². The molecule has 0 saturated heterocycles. The average molecular weight is 370 g/mol. The molecule has 0 aromatic heterocycles. The number of nitrogens with one attached hydrogen (secondary N) is 1. The van der Waals surface area contributed by atoms with Gasteiger partial charge in [0.05, 0.1) is 12.5 Å². The summed E-state index contributed by atoms with van der Waals surface area (Å²) in [7, 11) is 0. The molecule has 0 spiro atoms. The Morgan fingerprint density at radius 1 is 1.23 bits per heavy atom. The van der Waals surface area contributed by atoms with Crippen LogP contribution in [0.1, 0.15) is 32.1 Å². The Hall–Kier alpha value is -1.56. The van der Waals surface area contributed by atoms with Crippen LogP contribution in [-0.4, -0.2) is 29.6 Å². The Kier molecular flexibility index (Phi) is 6.24. The number of halogens is 1. The van der Waals surface area contributed by atoms with Crippen LogP contribution in [0.5, 0.6) is 5.75 Å². The second kappa shape index (κ2) is 8.17. The van der Waals surface area contributed by atoms with Crippen molar-refractivity contribution in [1.82, 2.24) is 5.32 Å². The highest BCUT2D eigenvalue weighted by Gasteiger charge is 2.34. The van der Waals surface area contributed by atoms with Crippen LogP contribution in [0.4, 0.5) is 0 Å². The summed E-state index contributed by atoms with van der Waals surface area (Å²) in [5.41, 5.74) is 0. The number of unbranched alkanes of at least 4 members (excludes halogenated alkanes) is 1. The smallest absolute Gasteiger partial charge is 0.306 e. The molecule has 1 aromatic carbocycles. The molecule has 5 nitrogen and oxygen atoms in total. The van der Waals surface area contributed by atoms with E-state index >= 15 is 0 Å². The summed E-state index contributed by atoms with van der Waals surface area (Å²) in [4.78, 5) is 22.4. The second-order valence-corrected chi connectivity index (χ2v) is 6.45. The number of hydrogen-bond acceptors (Lipinski definition) is 3. The Morgan fingerprint density at radius 2 is 1.91 bits per heavy atom. The van der Waals surface area contributed by atoms with E-state index in [2.05, 4.69) is 21.2 Å². The lowest BCUT2D eigenvalue weighted by Gasteiger charge is -2.32. The van der Waals surface area contributed by atoms with Gasteiger partial charge in [0.15, 0.2) is 0 Å². The lowest BCUT2D eigenvalue weighted by Crippen LogP contribution is -2.46. The van der Waals surface area contributed by atoms with Crippen LogP contribution in [0.15, 0.2) is 28.7 Å². The standard InChI is InChI=1S/C16H20BrNO4/c17-12-4-6-14(7-5-12)22-8-2-1-3-15(19)18-13-9-11(10-13)16(20)21/h4-7,11,13H,1-3,8-10H2,(H,18,19)(H,20,21). The lowest BCUT2D eigenvalue weighted by atomic mass is 9.80. The molecule has 0 unspecified atom stereocenters. The van der Waals surface area contributed by atoms with Gasteiger partial charge >= 0.3 is 5.97 Å². The third kappa shape index (κ3) is 5.33. The molecule has 1 fully saturated rings. The Bertz CT molecular complexity index is 511. The topological polar surface area (TPSA) is 75.6 Å². The molecule has 1 aromatic rings. The first-order valence-electron chi connectivity index (χ1n) is 7.45. The zero-order valence-electron chi connectivity index (χ0n) is 12.3. The molecule has 120 valence electrons. The molecular formula is C16H20BrNO4. The molecule has 1 amide bonds. The first-order chi connectivity index (χ1) is 10.5. The van der Waals surface area contributed by atoms with Crippen molar-refractivity contribution >= 4 is 27.8 Å². The lowest BCUT2D eigenvalue weighted by molar-refractivity contribution is -0.146. The van der Waals surface area contributed by atoms with Crippen molar-refractivity contribution < 1.29 is 19.4 Å². The predicted octanol–water partition coefficient (Wildman–Crippen LogP) is 2.98.